The third kappa shape index (κ3) is 4.99. The van der Waals surface area contributed by atoms with Crippen LogP contribution >= 0.6 is 0 Å². The van der Waals surface area contributed by atoms with Crippen LogP contribution in [-0.2, 0) is 4.79 Å². The van der Waals surface area contributed by atoms with Crippen LogP contribution < -0.4 is 19.5 Å². The molecule has 1 N–H and O–H groups in total. The number of hydrogen-bond donors (Lipinski definition) is 1. The molecule has 1 aliphatic heterocycles. The van der Waals surface area contributed by atoms with Crippen LogP contribution in [0.1, 0.15) is 23.2 Å². The highest BCUT2D eigenvalue weighted by Gasteiger charge is 2.28. The lowest BCUT2D eigenvalue weighted by Crippen LogP contribution is -2.41. The Hall–Kier alpha value is -3.22. The van der Waals surface area contributed by atoms with E-state index in [1.54, 1.807) is 50.5 Å². The Kier molecular flexibility index (Phi) is 6.59. The molecule has 0 bridgehead atoms. The molecule has 0 spiro atoms. The van der Waals surface area contributed by atoms with Crippen LogP contribution in [0, 0.1) is 5.92 Å². The molecule has 2 amide bonds. The van der Waals surface area contributed by atoms with E-state index in [0.29, 0.717) is 54.4 Å². The summed E-state index contributed by atoms with van der Waals surface area (Å²) in [7, 11) is 4.69. The highest BCUT2D eigenvalue weighted by Crippen LogP contribution is 2.26. The first-order valence-corrected chi connectivity index (χ1v) is 9.51. The molecule has 1 heterocycles. The van der Waals surface area contributed by atoms with Gasteiger partial charge in [-0.25, -0.2) is 0 Å². The van der Waals surface area contributed by atoms with Crippen LogP contribution in [0.4, 0.5) is 5.69 Å². The normalized spacial score (nSPS) is 14.2. The number of carbonyl (C=O) groups is 2. The fraction of sp³-hybridized carbons (Fsp3) is 0.364. The number of hydrogen-bond acceptors (Lipinski definition) is 5. The number of amides is 2. The van der Waals surface area contributed by atoms with Crippen molar-refractivity contribution in [3.05, 3.63) is 48.0 Å². The first kappa shape index (κ1) is 20.5. The van der Waals surface area contributed by atoms with E-state index in [2.05, 4.69) is 5.32 Å². The van der Waals surface area contributed by atoms with E-state index in [0.717, 1.165) is 0 Å². The number of carbonyl (C=O) groups excluding carboxylic acids is 2. The van der Waals surface area contributed by atoms with Gasteiger partial charge in [0, 0.05) is 42.4 Å². The maximum atomic E-state index is 12.9. The number of benzene rings is 2. The topological polar surface area (TPSA) is 77.1 Å². The van der Waals surface area contributed by atoms with Crippen molar-refractivity contribution < 1.29 is 23.8 Å². The zero-order chi connectivity index (χ0) is 20.8. The number of piperidine rings is 1. The van der Waals surface area contributed by atoms with Gasteiger partial charge >= 0.3 is 0 Å². The number of nitrogens with one attached hydrogen (secondary N) is 1. The first-order chi connectivity index (χ1) is 14.0. The molecule has 0 radical (unpaired) electrons. The predicted octanol–water partition coefficient (Wildman–Crippen LogP) is 3.20. The van der Waals surface area contributed by atoms with Crippen molar-refractivity contribution >= 4 is 17.5 Å². The molecule has 0 aliphatic carbocycles. The van der Waals surface area contributed by atoms with Crippen molar-refractivity contribution in [1.82, 2.24) is 4.90 Å². The molecule has 154 valence electrons. The Morgan fingerprint density at radius 2 is 1.52 bits per heavy atom. The summed E-state index contributed by atoms with van der Waals surface area (Å²) in [6.07, 6.45) is 1.23. The minimum Gasteiger partial charge on any atom is -0.497 e. The van der Waals surface area contributed by atoms with Crippen molar-refractivity contribution in [3.8, 4) is 17.2 Å². The second-order valence-corrected chi connectivity index (χ2v) is 6.89. The van der Waals surface area contributed by atoms with Crippen molar-refractivity contribution in [1.29, 1.82) is 0 Å². The molecule has 7 nitrogen and oxygen atoms in total. The van der Waals surface area contributed by atoms with E-state index in [1.807, 2.05) is 18.2 Å². The van der Waals surface area contributed by atoms with Crippen molar-refractivity contribution in [2.24, 2.45) is 5.92 Å². The Bertz CT molecular complexity index is 853. The molecule has 2 aromatic rings. The summed E-state index contributed by atoms with van der Waals surface area (Å²) < 4.78 is 15.7. The van der Waals surface area contributed by atoms with Gasteiger partial charge in [-0.15, -0.1) is 0 Å². The van der Waals surface area contributed by atoms with Gasteiger partial charge in [-0.05, 0) is 37.1 Å². The maximum Gasteiger partial charge on any atom is 0.254 e. The van der Waals surface area contributed by atoms with Crippen LogP contribution in [-0.4, -0.2) is 51.1 Å². The summed E-state index contributed by atoms with van der Waals surface area (Å²) in [4.78, 5) is 27.2. The third-order valence-corrected chi connectivity index (χ3v) is 5.09. The lowest BCUT2D eigenvalue weighted by atomic mass is 9.95. The van der Waals surface area contributed by atoms with E-state index in [1.165, 1.54) is 0 Å². The van der Waals surface area contributed by atoms with Crippen molar-refractivity contribution in [3.63, 3.8) is 0 Å². The van der Waals surface area contributed by atoms with Gasteiger partial charge in [0.1, 0.15) is 17.2 Å². The summed E-state index contributed by atoms with van der Waals surface area (Å²) in [5.74, 6) is 1.57. The van der Waals surface area contributed by atoms with Gasteiger partial charge in [0.15, 0.2) is 0 Å². The van der Waals surface area contributed by atoms with E-state index in [-0.39, 0.29) is 17.7 Å². The predicted molar refractivity (Wildman–Crippen MR) is 110 cm³/mol. The molecule has 7 heteroatoms. The highest BCUT2D eigenvalue weighted by molar-refractivity contribution is 5.96. The van der Waals surface area contributed by atoms with Gasteiger partial charge in [-0.3, -0.25) is 9.59 Å². The molecule has 2 aromatic carbocycles. The van der Waals surface area contributed by atoms with Gasteiger partial charge in [-0.2, -0.15) is 0 Å². The van der Waals surface area contributed by atoms with Gasteiger partial charge in [-0.1, -0.05) is 6.07 Å². The summed E-state index contributed by atoms with van der Waals surface area (Å²) in [5, 5.41) is 2.94. The molecular formula is C22H26N2O5. The third-order valence-electron chi connectivity index (χ3n) is 5.09. The van der Waals surface area contributed by atoms with Crippen LogP contribution in [0.15, 0.2) is 42.5 Å². The zero-order valence-corrected chi connectivity index (χ0v) is 16.9. The molecule has 0 unspecified atom stereocenters. The monoisotopic (exact) mass is 398 g/mol. The van der Waals surface area contributed by atoms with Crippen LogP contribution in [0.25, 0.3) is 0 Å². The molecule has 3 rings (SSSR count). The minimum atomic E-state index is -0.134. The largest absolute Gasteiger partial charge is 0.497 e. The van der Waals surface area contributed by atoms with Gasteiger partial charge < -0.3 is 24.4 Å². The van der Waals surface area contributed by atoms with E-state index in [4.69, 9.17) is 14.2 Å². The number of methoxy groups -OCH3 is 3. The first-order valence-electron chi connectivity index (χ1n) is 9.51. The van der Waals surface area contributed by atoms with E-state index in [9.17, 15) is 9.59 Å². The molecule has 29 heavy (non-hydrogen) atoms. The molecule has 0 atom stereocenters. The van der Waals surface area contributed by atoms with Crippen LogP contribution in [0.5, 0.6) is 17.2 Å². The molecule has 1 saturated heterocycles. The average molecular weight is 398 g/mol. The Labute approximate surface area is 170 Å². The number of rotatable bonds is 6. The Morgan fingerprint density at radius 1 is 0.897 bits per heavy atom. The quantitative estimate of drug-likeness (QED) is 0.809. The fourth-order valence-corrected chi connectivity index (χ4v) is 3.40. The second-order valence-electron chi connectivity index (χ2n) is 6.89. The van der Waals surface area contributed by atoms with Gasteiger partial charge in [0.25, 0.3) is 5.91 Å². The Balaban J connectivity index is 1.59. The summed E-state index contributed by atoms with van der Waals surface area (Å²) >= 11 is 0. The van der Waals surface area contributed by atoms with Gasteiger partial charge in [0.05, 0.1) is 21.3 Å². The molecular weight excluding hydrogens is 372 g/mol. The van der Waals surface area contributed by atoms with Crippen LogP contribution in [0.2, 0.25) is 0 Å². The smallest absolute Gasteiger partial charge is 0.254 e. The van der Waals surface area contributed by atoms with Crippen molar-refractivity contribution in [2.75, 3.05) is 39.7 Å². The number of likely N-dealkylation sites (tertiary alicyclic amines) is 1. The maximum absolute atomic E-state index is 12.9. The molecule has 0 aromatic heterocycles. The molecule has 0 saturated carbocycles. The lowest BCUT2D eigenvalue weighted by molar-refractivity contribution is -0.121. The standard InChI is InChI=1S/C22H26N2O5/c1-27-18-6-4-5-17(13-18)23-21(25)15-7-9-24(10-8-15)22(26)16-11-19(28-2)14-20(12-16)29-3/h4-6,11-15H,7-10H2,1-3H3,(H,23,25). The fourth-order valence-electron chi connectivity index (χ4n) is 3.40. The SMILES string of the molecule is COc1cccc(NC(=O)C2CCN(C(=O)c3cc(OC)cc(OC)c3)CC2)c1. The average Bonchev–Trinajstić information content (AvgIpc) is 2.78. The summed E-state index contributed by atoms with van der Waals surface area (Å²) in [6.45, 7) is 1.04. The van der Waals surface area contributed by atoms with E-state index >= 15 is 0 Å². The van der Waals surface area contributed by atoms with E-state index < -0.39 is 0 Å². The second kappa shape index (κ2) is 9.32. The summed E-state index contributed by atoms with van der Waals surface area (Å²) in [6, 6.07) is 12.4. The number of anilines is 1. The van der Waals surface area contributed by atoms with Gasteiger partial charge in [0.2, 0.25) is 5.91 Å². The summed E-state index contributed by atoms with van der Waals surface area (Å²) in [5.41, 5.74) is 1.22. The Morgan fingerprint density at radius 3 is 2.10 bits per heavy atom. The van der Waals surface area contributed by atoms with Crippen LogP contribution in [0.3, 0.4) is 0 Å². The lowest BCUT2D eigenvalue weighted by Gasteiger charge is -2.31. The number of ether oxygens (including phenoxy) is 3. The minimum absolute atomic E-state index is 0.0339. The molecule has 1 aliphatic rings. The molecule has 1 fully saturated rings. The van der Waals surface area contributed by atoms with Crippen molar-refractivity contribution in [2.45, 2.75) is 12.8 Å². The highest BCUT2D eigenvalue weighted by atomic mass is 16.5. The number of nitrogens with zero attached hydrogens (tertiary/aromatic N) is 1. The zero-order valence-electron chi connectivity index (χ0n) is 16.9.